The van der Waals surface area contributed by atoms with Gasteiger partial charge in [-0.15, -0.1) is 0 Å². The zero-order chi connectivity index (χ0) is 27.1. The first-order valence-corrected chi connectivity index (χ1v) is 13.0. The largest absolute Gasteiger partial charge is 0.495 e. The van der Waals surface area contributed by atoms with Crippen LogP contribution in [0.25, 0.3) is 0 Å². The molecule has 1 saturated heterocycles. The molecule has 2 amide bonds. The third-order valence-electron chi connectivity index (χ3n) is 6.44. The topological polar surface area (TPSA) is 86.8 Å². The lowest BCUT2D eigenvalue weighted by atomic mass is 9.92. The van der Waals surface area contributed by atoms with E-state index in [1.165, 1.54) is 0 Å². The molecule has 1 fully saturated rings. The summed E-state index contributed by atoms with van der Waals surface area (Å²) in [5.41, 5.74) is 3.86. The number of hydrogen-bond acceptors (Lipinski definition) is 6. The van der Waals surface area contributed by atoms with Gasteiger partial charge in [0, 0.05) is 62.9 Å². The fourth-order valence-corrected chi connectivity index (χ4v) is 4.62. The van der Waals surface area contributed by atoms with Gasteiger partial charge in [0.05, 0.1) is 18.4 Å². The number of anilines is 3. The van der Waals surface area contributed by atoms with Gasteiger partial charge < -0.3 is 25.2 Å². The molecule has 38 heavy (non-hydrogen) atoms. The molecule has 0 atom stereocenters. The monoisotopic (exact) mass is 515 g/mol. The van der Waals surface area contributed by atoms with Crippen molar-refractivity contribution in [3.8, 4) is 5.75 Å². The van der Waals surface area contributed by atoms with Crippen molar-refractivity contribution in [3.05, 3.63) is 78.1 Å². The number of carbonyl (C=O) groups excluding carboxylic acids is 2. The van der Waals surface area contributed by atoms with Crippen molar-refractivity contribution in [1.29, 1.82) is 0 Å². The molecule has 0 unspecified atom stereocenters. The fourth-order valence-electron chi connectivity index (χ4n) is 4.62. The summed E-state index contributed by atoms with van der Waals surface area (Å²) in [4.78, 5) is 34.7. The maximum absolute atomic E-state index is 13.4. The van der Waals surface area contributed by atoms with E-state index in [0.717, 1.165) is 48.9 Å². The number of amides is 2. The minimum atomic E-state index is -0.192. The standard InChI is InChI=1S/C30H37N5O3/c1-30(2,3)19-28(36)33-23-11-12-25(24(18-23)29(37)32-21-22-8-7-13-31-20-22)34-14-16-35(17-15-34)26-9-5-6-10-27(26)38-4/h5-13,18,20H,14-17,19,21H2,1-4H3,(H,32,37)(H,33,36). The molecule has 200 valence electrons. The average molecular weight is 516 g/mol. The van der Waals surface area contributed by atoms with Gasteiger partial charge in [-0.1, -0.05) is 39.0 Å². The van der Waals surface area contributed by atoms with Gasteiger partial charge in [0.2, 0.25) is 5.91 Å². The lowest BCUT2D eigenvalue weighted by molar-refractivity contribution is -0.117. The molecular formula is C30H37N5O3. The third kappa shape index (κ3) is 7.03. The molecule has 2 heterocycles. The van der Waals surface area contributed by atoms with Gasteiger partial charge in [0.1, 0.15) is 5.75 Å². The Bertz CT molecular complexity index is 1250. The van der Waals surface area contributed by atoms with Crippen LogP contribution in [-0.2, 0) is 11.3 Å². The van der Waals surface area contributed by atoms with Crippen molar-refractivity contribution in [3.63, 3.8) is 0 Å². The van der Waals surface area contributed by atoms with Crippen LogP contribution >= 0.6 is 0 Å². The quantitative estimate of drug-likeness (QED) is 0.451. The zero-order valence-corrected chi connectivity index (χ0v) is 22.7. The van der Waals surface area contributed by atoms with E-state index in [2.05, 4.69) is 31.5 Å². The molecule has 2 N–H and O–H groups in total. The Hall–Kier alpha value is -4.07. The smallest absolute Gasteiger partial charge is 0.253 e. The molecule has 0 spiro atoms. The Morgan fingerprint density at radius 1 is 0.947 bits per heavy atom. The first kappa shape index (κ1) is 27.0. The summed E-state index contributed by atoms with van der Waals surface area (Å²) in [6, 6.07) is 17.4. The molecule has 0 aliphatic carbocycles. The molecule has 0 saturated carbocycles. The van der Waals surface area contributed by atoms with Crippen molar-refractivity contribution in [1.82, 2.24) is 10.3 Å². The number of rotatable bonds is 8. The van der Waals surface area contributed by atoms with E-state index in [0.29, 0.717) is 24.2 Å². The molecule has 8 nitrogen and oxygen atoms in total. The normalized spacial score (nSPS) is 13.7. The number of nitrogens with zero attached hydrogens (tertiary/aromatic N) is 3. The summed E-state index contributed by atoms with van der Waals surface area (Å²) in [5.74, 6) is 0.590. The maximum Gasteiger partial charge on any atom is 0.253 e. The second-order valence-electron chi connectivity index (χ2n) is 10.7. The highest BCUT2D eigenvalue weighted by molar-refractivity contribution is 6.02. The lowest BCUT2D eigenvalue weighted by Gasteiger charge is -2.38. The summed E-state index contributed by atoms with van der Waals surface area (Å²) in [7, 11) is 1.69. The number of methoxy groups -OCH3 is 1. The number of piperazine rings is 1. The van der Waals surface area contributed by atoms with Crippen LogP contribution in [0.4, 0.5) is 17.1 Å². The highest BCUT2D eigenvalue weighted by Crippen LogP contribution is 2.31. The number of aromatic nitrogens is 1. The SMILES string of the molecule is COc1ccccc1N1CCN(c2ccc(NC(=O)CC(C)(C)C)cc2C(=O)NCc2cccnc2)CC1. The molecule has 8 heteroatoms. The van der Waals surface area contributed by atoms with E-state index in [1.807, 2.05) is 63.2 Å². The molecule has 0 radical (unpaired) electrons. The van der Waals surface area contributed by atoms with Gasteiger partial charge >= 0.3 is 0 Å². The Labute approximate surface area is 225 Å². The maximum atomic E-state index is 13.4. The van der Waals surface area contributed by atoms with Crippen LogP contribution in [0.3, 0.4) is 0 Å². The van der Waals surface area contributed by atoms with E-state index in [9.17, 15) is 9.59 Å². The second kappa shape index (κ2) is 12.0. The summed E-state index contributed by atoms with van der Waals surface area (Å²) >= 11 is 0. The van der Waals surface area contributed by atoms with Crippen molar-refractivity contribution in [2.75, 3.05) is 48.4 Å². The Morgan fingerprint density at radius 3 is 2.32 bits per heavy atom. The molecule has 2 aromatic carbocycles. The number of pyridine rings is 1. The summed E-state index contributed by atoms with van der Waals surface area (Å²) in [6.07, 6.45) is 3.83. The van der Waals surface area contributed by atoms with Gasteiger partial charge in [0.25, 0.3) is 5.91 Å². The Balaban J connectivity index is 1.53. The molecule has 4 rings (SSSR count). The van der Waals surface area contributed by atoms with Crippen LogP contribution < -0.4 is 25.2 Å². The minimum Gasteiger partial charge on any atom is -0.495 e. The van der Waals surface area contributed by atoms with Gasteiger partial charge in [-0.2, -0.15) is 0 Å². The zero-order valence-electron chi connectivity index (χ0n) is 22.7. The summed E-state index contributed by atoms with van der Waals surface area (Å²) in [5, 5.41) is 5.99. The lowest BCUT2D eigenvalue weighted by Crippen LogP contribution is -2.47. The van der Waals surface area contributed by atoms with Gasteiger partial charge in [-0.3, -0.25) is 14.6 Å². The average Bonchev–Trinajstić information content (AvgIpc) is 2.91. The first-order valence-electron chi connectivity index (χ1n) is 13.0. The van der Waals surface area contributed by atoms with Crippen LogP contribution in [0.2, 0.25) is 0 Å². The fraction of sp³-hybridized carbons (Fsp3) is 0.367. The van der Waals surface area contributed by atoms with Crippen LogP contribution in [-0.4, -0.2) is 50.1 Å². The molecule has 1 aliphatic rings. The molecule has 1 aromatic heterocycles. The highest BCUT2D eigenvalue weighted by atomic mass is 16.5. The molecule has 3 aromatic rings. The van der Waals surface area contributed by atoms with Gasteiger partial charge in [-0.05, 0) is 47.4 Å². The highest BCUT2D eigenvalue weighted by Gasteiger charge is 2.24. The number of ether oxygens (including phenoxy) is 1. The third-order valence-corrected chi connectivity index (χ3v) is 6.44. The summed E-state index contributed by atoms with van der Waals surface area (Å²) < 4.78 is 5.55. The van der Waals surface area contributed by atoms with E-state index in [1.54, 1.807) is 25.6 Å². The van der Waals surface area contributed by atoms with Crippen LogP contribution in [0, 0.1) is 5.41 Å². The number of hydrogen-bond donors (Lipinski definition) is 2. The second-order valence-corrected chi connectivity index (χ2v) is 10.7. The first-order chi connectivity index (χ1) is 18.2. The molecule has 0 bridgehead atoms. The number of para-hydroxylation sites is 2. The van der Waals surface area contributed by atoms with Gasteiger partial charge in [-0.25, -0.2) is 0 Å². The number of nitrogens with one attached hydrogen (secondary N) is 2. The predicted molar refractivity (Wildman–Crippen MR) is 152 cm³/mol. The van der Waals surface area contributed by atoms with Crippen LogP contribution in [0.5, 0.6) is 5.75 Å². The number of benzene rings is 2. The van der Waals surface area contributed by atoms with Crippen molar-refractivity contribution >= 4 is 28.9 Å². The van der Waals surface area contributed by atoms with Crippen molar-refractivity contribution in [2.45, 2.75) is 33.7 Å². The molecular weight excluding hydrogens is 478 g/mol. The Morgan fingerprint density at radius 2 is 1.66 bits per heavy atom. The van der Waals surface area contributed by atoms with E-state index in [-0.39, 0.29) is 17.2 Å². The van der Waals surface area contributed by atoms with E-state index >= 15 is 0 Å². The van der Waals surface area contributed by atoms with E-state index in [4.69, 9.17) is 4.74 Å². The van der Waals surface area contributed by atoms with E-state index < -0.39 is 0 Å². The number of carbonyl (C=O) groups is 2. The molecule has 1 aliphatic heterocycles. The van der Waals surface area contributed by atoms with Crippen LogP contribution in [0.15, 0.2) is 67.0 Å². The predicted octanol–water partition coefficient (Wildman–Crippen LogP) is 4.72. The van der Waals surface area contributed by atoms with Crippen molar-refractivity contribution < 1.29 is 14.3 Å². The van der Waals surface area contributed by atoms with Crippen LogP contribution in [0.1, 0.15) is 43.1 Å². The Kier molecular flexibility index (Phi) is 8.51. The minimum absolute atomic E-state index is 0.0719. The van der Waals surface area contributed by atoms with Gasteiger partial charge in [0.15, 0.2) is 0 Å². The summed E-state index contributed by atoms with van der Waals surface area (Å²) in [6.45, 7) is 9.52. The van der Waals surface area contributed by atoms with Crippen molar-refractivity contribution in [2.24, 2.45) is 5.41 Å².